The van der Waals surface area contributed by atoms with Gasteiger partial charge in [0.25, 0.3) is 0 Å². The van der Waals surface area contributed by atoms with E-state index < -0.39 is 0 Å². The Balaban J connectivity index is 1.58. The second-order valence-electron chi connectivity index (χ2n) is 7.33. The van der Waals surface area contributed by atoms with E-state index in [0.29, 0.717) is 11.5 Å². The van der Waals surface area contributed by atoms with Crippen molar-refractivity contribution in [1.82, 2.24) is 5.43 Å². The lowest BCUT2D eigenvalue weighted by atomic mass is 9.47. The van der Waals surface area contributed by atoms with Crippen molar-refractivity contribution in [2.24, 2.45) is 29.0 Å². The molecule has 0 aliphatic heterocycles. The zero-order valence-corrected chi connectivity index (χ0v) is 12.3. The van der Waals surface area contributed by atoms with Crippen LogP contribution in [0.4, 0.5) is 0 Å². The molecule has 1 aromatic rings. The molecule has 0 saturated heterocycles. The van der Waals surface area contributed by atoms with Gasteiger partial charge in [-0.1, -0.05) is 0 Å². The Hall–Kier alpha value is -0.380. The summed E-state index contributed by atoms with van der Waals surface area (Å²) in [7, 11) is 0. The van der Waals surface area contributed by atoms with Gasteiger partial charge < -0.3 is 0 Å². The minimum absolute atomic E-state index is 0.482. The first-order chi connectivity index (χ1) is 9.27. The maximum absolute atomic E-state index is 5.96. The van der Waals surface area contributed by atoms with Crippen LogP contribution in [0, 0.1) is 23.2 Å². The van der Waals surface area contributed by atoms with E-state index in [1.165, 1.54) is 44.1 Å². The van der Waals surface area contributed by atoms with Gasteiger partial charge in [-0.15, -0.1) is 0 Å². The summed E-state index contributed by atoms with van der Waals surface area (Å²) >= 11 is 1.80. The smallest absolute Gasteiger partial charge is 0.0307 e. The fourth-order valence-electron chi connectivity index (χ4n) is 5.70. The lowest BCUT2D eigenvalue weighted by Gasteiger charge is -2.59. The normalized spacial score (nSPS) is 41.6. The fourth-order valence-corrected chi connectivity index (χ4v) is 6.38. The third-order valence-corrected chi connectivity index (χ3v) is 6.78. The molecule has 5 rings (SSSR count). The first-order valence-electron chi connectivity index (χ1n) is 7.74. The van der Waals surface area contributed by atoms with Crippen LogP contribution in [0.1, 0.15) is 44.1 Å². The molecule has 19 heavy (non-hydrogen) atoms. The van der Waals surface area contributed by atoms with Gasteiger partial charge in [-0.2, -0.15) is 11.3 Å². The van der Waals surface area contributed by atoms with Crippen molar-refractivity contribution in [3.05, 3.63) is 22.4 Å². The van der Waals surface area contributed by atoms with Crippen LogP contribution in [-0.2, 0) is 6.42 Å². The summed E-state index contributed by atoms with van der Waals surface area (Å²) in [4.78, 5) is 0. The van der Waals surface area contributed by atoms with Crippen LogP contribution in [0.15, 0.2) is 16.8 Å². The fraction of sp³-hybridized carbons (Fsp3) is 0.750. The van der Waals surface area contributed by atoms with Crippen molar-refractivity contribution in [3.8, 4) is 0 Å². The lowest BCUT2D eigenvalue weighted by Crippen LogP contribution is -2.58. The number of rotatable bonds is 4. The van der Waals surface area contributed by atoms with Crippen LogP contribution in [0.25, 0.3) is 0 Å². The molecule has 4 bridgehead atoms. The quantitative estimate of drug-likeness (QED) is 0.654. The number of hydrogen-bond acceptors (Lipinski definition) is 3. The summed E-state index contributed by atoms with van der Waals surface area (Å²) in [5, 5.41) is 4.47. The van der Waals surface area contributed by atoms with E-state index in [2.05, 4.69) is 22.3 Å². The highest BCUT2D eigenvalue weighted by atomic mass is 32.1. The molecule has 1 aromatic heterocycles. The highest BCUT2D eigenvalue weighted by molar-refractivity contribution is 7.07. The maximum atomic E-state index is 5.96. The minimum Gasteiger partial charge on any atom is -0.271 e. The van der Waals surface area contributed by atoms with Gasteiger partial charge in [-0.3, -0.25) is 11.3 Å². The van der Waals surface area contributed by atoms with Gasteiger partial charge in [0.05, 0.1) is 0 Å². The summed E-state index contributed by atoms with van der Waals surface area (Å²) in [5.41, 5.74) is 5.17. The van der Waals surface area contributed by atoms with Gasteiger partial charge >= 0.3 is 0 Å². The second-order valence-corrected chi connectivity index (χ2v) is 8.11. The average molecular weight is 276 g/mol. The molecule has 2 nitrogen and oxygen atoms in total. The first kappa shape index (κ1) is 12.4. The van der Waals surface area contributed by atoms with Gasteiger partial charge in [0.1, 0.15) is 0 Å². The summed E-state index contributed by atoms with van der Waals surface area (Å²) in [5.74, 6) is 8.98. The molecule has 1 atom stereocenters. The van der Waals surface area contributed by atoms with Crippen LogP contribution < -0.4 is 11.3 Å². The molecule has 4 saturated carbocycles. The van der Waals surface area contributed by atoms with Crippen LogP contribution in [0.5, 0.6) is 0 Å². The zero-order chi connectivity index (χ0) is 12.9. The van der Waals surface area contributed by atoms with Gasteiger partial charge in [0.15, 0.2) is 0 Å². The van der Waals surface area contributed by atoms with Gasteiger partial charge in [-0.25, -0.2) is 0 Å². The van der Waals surface area contributed by atoms with Crippen molar-refractivity contribution >= 4 is 11.3 Å². The highest BCUT2D eigenvalue weighted by Crippen LogP contribution is 2.61. The molecule has 3 N–H and O–H groups in total. The Morgan fingerprint density at radius 3 is 2.32 bits per heavy atom. The summed E-state index contributed by atoms with van der Waals surface area (Å²) in [6.45, 7) is 0. The van der Waals surface area contributed by atoms with E-state index in [-0.39, 0.29) is 0 Å². The predicted octanol–water partition coefficient (Wildman–Crippen LogP) is 3.34. The van der Waals surface area contributed by atoms with Crippen molar-refractivity contribution < 1.29 is 0 Å². The largest absolute Gasteiger partial charge is 0.271 e. The van der Waals surface area contributed by atoms with Crippen LogP contribution in [0.2, 0.25) is 0 Å². The van der Waals surface area contributed by atoms with E-state index in [1.807, 2.05) is 0 Å². The number of thiophene rings is 1. The van der Waals surface area contributed by atoms with Crippen molar-refractivity contribution in [3.63, 3.8) is 0 Å². The van der Waals surface area contributed by atoms with Crippen LogP contribution >= 0.6 is 11.3 Å². The molecular formula is C16H24N2S. The molecular weight excluding hydrogens is 252 g/mol. The van der Waals surface area contributed by atoms with Gasteiger partial charge in [-0.05, 0) is 90.5 Å². The Morgan fingerprint density at radius 2 is 1.84 bits per heavy atom. The molecule has 0 spiro atoms. The molecule has 4 aliphatic carbocycles. The Bertz CT molecular complexity index is 404. The van der Waals surface area contributed by atoms with Crippen molar-refractivity contribution in [2.45, 2.75) is 51.0 Å². The summed E-state index contributed by atoms with van der Waals surface area (Å²) < 4.78 is 0. The number of hydrogen-bond donors (Lipinski definition) is 2. The third kappa shape index (κ3) is 2.07. The average Bonchev–Trinajstić information content (AvgIpc) is 2.87. The minimum atomic E-state index is 0.482. The standard InChI is InChI=1S/C16H24N2S/c17-18-15(6-11-1-2-19-10-11)16-7-12-3-13(8-16)5-14(4-12)9-16/h1-2,10,12-15,18H,3-9,17H2. The second kappa shape index (κ2) is 4.57. The third-order valence-electron chi connectivity index (χ3n) is 6.05. The Kier molecular flexibility index (Phi) is 2.98. The van der Waals surface area contributed by atoms with Crippen LogP contribution in [0.3, 0.4) is 0 Å². The van der Waals surface area contributed by atoms with Crippen molar-refractivity contribution in [2.75, 3.05) is 0 Å². The first-order valence-corrected chi connectivity index (χ1v) is 8.69. The zero-order valence-electron chi connectivity index (χ0n) is 11.5. The summed E-state index contributed by atoms with van der Waals surface area (Å²) in [6.07, 6.45) is 9.93. The lowest BCUT2D eigenvalue weighted by molar-refractivity contribution is -0.0737. The summed E-state index contributed by atoms with van der Waals surface area (Å²) in [6, 6.07) is 2.74. The molecule has 1 unspecified atom stereocenters. The van der Waals surface area contributed by atoms with E-state index in [0.717, 1.165) is 24.2 Å². The molecule has 4 fully saturated rings. The number of hydrazine groups is 1. The topological polar surface area (TPSA) is 38.0 Å². The van der Waals surface area contributed by atoms with E-state index in [1.54, 1.807) is 11.3 Å². The Labute approximate surface area is 119 Å². The molecule has 4 aliphatic rings. The molecule has 1 heterocycles. The number of nitrogens with one attached hydrogen (secondary N) is 1. The monoisotopic (exact) mass is 276 g/mol. The molecule has 104 valence electrons. The predicted molar refractivity (Wildman–Crippen MR) is 79.7 cm³/mol. The van der Waals surface area contributed by atoms with Crippen molar-refractivity contribution in [1.29, 1.82) is 0 Å². The molecule has 0 aromatic carbocycles. The highest BCUT2D eigenvalue weighted by Gasteiger charge is 2.53. The van der Waals surface area contributed by atoms with E-state index >= 15 is 0 Å². The van der Waals surface area contributed by atoms with E-state index in [4.69, 9.17) is 5.84 Å². The van der Waals surface area contributed by atoms with Crippen LogP contribution in [-0.4, -0.2) is 6.04 Å². The van der Waals surface area contributed by atoms with Gasteiger partial charge in [0, 0.05) is 6.04 Å². The molecule has 3 heteroatoms. The molecule has 0 amide bonds. The maximum Gasteiger partial charge on any atom is 0.0307 e. The van der Waals surface area contributed by atoms with E-state index in [9.17, 15) is 0 Å². The number of nitrogens with two attached hydrogens (primary N) is 1. The Morgan fingerprint density at radius 1 is 1.21 bits per heavy atom. The SMILES string of the molecule is NNC(Cc1ccsc1)C12CC3CC(CC(C3)C1)C2. The molecule has 0 radical (unpaired) electrons. The van der Waals surface area contributed by atoms with Gasteiger partial charge in [0.2, 0.25) is 0 Å².